The van der Waals surface area contributed by atoms with Gasteiger partial charge in [0.25, 0.3) is 11.8 Å². The lowest BCUT2D eigenvalue weighted by molar-refractivity contribution is -0.120. The van der Waals surface area contributed by atoms with Crippen LogP contribution in [0.4, 0.5) is 11.4 Å². The molecule has 0 saturated heterocycles. The summed E-state index contributed by atoms with van der Waals surface area (Å²) in [5, 5.41) is 12.1. The molecule has 32 heavy (non-hydrogen) atoms. The molecule has 0 saturated carbocycles. The van der Waals surface area contributed by atoms with E-state index in [2.05, 4.69) is 5.32 Å². The molecule has 7 heteroatoms. The molecule has 0 bridgehead atoms. The molecule has 1 aliphatic heterocycles. The zero-order valence-electron chi connectivity index (χ0n) is 17.5. The van der Waals surface area contributed by atoms with Crippen LogP contribution in [0.5, 0.6) is 11.5 Å². The Morgan fingerprint density at radius 3 is 1.88 bits per heavy atom. The lowest BCUT2D eigenvalue weighted by Gasteiger charge is -2.15. The Morgan fingerprint density at radius 2 is 1.34 bits per heavy atom. The number of imide groups is 1. The number of hydrogen-bond donors (Lipinski definition) is 1. The number of benzene rings is 3. The molecule has 0 unspecified atom stereocenters. The molecular formula is C25H19N3O4. The van der Waals surface area contributed by atoms with Gasteiger partial charge in [0, 0.05) is 5.69 Å². The van der Waals surface area contributed by atoms with Gasteiger partial charge in [-0.15, -0.1) is 0 Å². The number of amides is 2. The third-order valence-corrected chi connectivity index (χ3v) is 5.08. The van der Waals surface area contributed by atoms with E-state index in [0.29, 0.717) is 34.0 Å². The number of hydrogen-bond acceptors (Lipinski definition) is 6. The van der Waals surface area contributed by atoms with Crippen molar-refractivity contribution in [3.63, 3.8) is 0 Å². The average molecular weight is 425 g/mol. The van der Waals surface area contributed by atoms with Crippen LogP contribution >= 0.6 is 0 Å². The number of ether oxygens (including phenoxy) is 2. The minimum Gasteiger partial charge on any atom is -0.497 e. The quantitative estimate of drug-likeness (QED) is 0.601. The number of nitrogens with zero attached hydrogens (tertiary/aromatic N) is 2. The first-order chi connectivity index (χ1) is 15.5. The highest BCUT2D eigenvalue weighted by Crippen LogP contribution is 2.34. The van der Waals surface area contributed by atoms with E-state index in [4.69, 9.17) is 14.7 Å². The third-order valence-electron chi connectivity index (χ3n) is 5.08. The van der Waals surface area contributed by atoms with E-state index >= 15 is 0 Å². The summed E-state index contributed by atoms with van der Waals surface area (Å²) in [4.78, 5) is 27.9. The number of carbonyl (C=O) groups is 2. The van der Waals surface area contributed by atoms with Crippen molar-refractivity contribution >= 4 is 28.8 Å². The van der Waals surface area contributed by atoms with E-state index < -0.39 is 11.8 Å². The lowest BCUT2D eigenvalue weighted by Crippen LogP contribution is -2.32. The smallest absolute Gasteiger partial charge is 0.282 e. The first kappa shape index (κ1) is 20.7. The molecule has 0 aliphatic carbocycles. The molecule has 4 rings (SSSR count). The highest BCUT2D eigenvalue weighted by molar-refractivity contribution is 6.46. The summed E-state index contributed by atoms with van der Waals surface area (Å²) in [6.07, 6.45) is 0. The maximum absolute atomic E-state index is 13.4. The fraction of sp³-hybridized carbons (Fsp3) is 0.0800. The number of methoxy groups -OCH3 is 2. The molecule has 1 heterocycles. The molecule has 158 valence electrons. The molecule has 0 fully saturated rings. The molecule has 3 aromatic carbocycles. The second kappa shape index (κ2) is 8.66. The molecule has 0 radical (unpaired) electrons. The first-order valence-electron chi connectivity index (χ1n) is 9.74. The van der Waals surface area contributed by atoms with Gasteiger partial charge in [0.2, 0.25) is 0 Å². The van der Waals surface area contributed by atoms with Crippen molar-refractivity contribution < 1.29 is 19.1 Å². The Morgan fingerprint density at radius 1 is 0.781 bits per heavy atom. The summed E-state index contributed by atoms with van der Waals surface area (Å²) in [6, 6.07) is 22.3. The molecule has 2 amide bonds. The van der Waals surface area contributed by atoms with Crippen LogP contribution in [0, 0.1) is 11.3 Å². The van der Waals surface area contributed by atoms with Gasteiger partial charge in [0.15, 0.2) is 0 Å². The second-order valence-corrected chi connectivity index (χ2v) is 6.94. The van der Waals surface area contributed by atoms with Crippen molar-refractivity contribution in [1.29, 1.82) is 5.26 Å². The zero-order chi connectivity index (χ0) is 22.7. The fourth-order valence-electron chi connectivity index (χ4n) is 3.41. The number of rotatable bonds is 6. The van der Waals surface area contributed by atoms with Crippen molar-refractivity contribution in [2.45, 2.75) is 0 Å². The number of carbonyl (C=O) groups excluding carboxylic acids is 2. The van der Waals surface area contributed by atoms with Crippen molar-refractivity contribution in [2.24, 2.45) is 0 Å². The van der Waals surface area contributed by atoms with E-state index in [1.165, 1.54) is 0 Å². The third kappa shape index (κ3) is 3.77. The van der Waals surface area contributed by atoms with Gasteiger partial charge in [-0.05, 0) is 66.2 Å². The second-order valence-electron chi connectivity index (χ2n) is 6.94. The van der Waals surface area contributed by atoms with Crippen LogP contribution in [-0.2, 0) is 9.59 Å². The number of nitriles is 1. The Hall–Kier alpha value is -4.57. The zero-order valence-corrected chi connectivity index (χ0v) is 17.5. The first-order valence-corrected chi connectivity index (χ1v) is 9.74. The molecule has 1 aliphatic rings. The largest absolute Gasteiger partial charge is 0.497 e. The molecule has 1 N–H and O–H groups in total. The SMILES string of the molecule is COc1ccc(NC2=C(c3ccc(OC)cc3)C(=O)N(c3ccc(C#N)cc3)C2=O)cc1. The highest BCUT2D eigenvalue weighted by atomic mass is 16.5. The number of anilines is 2. The standard InChI is InChI=1S/C25H19N3O4/c1-31-20-11-5-17(6-12-20)22-23(27-18-7-13-21(32-2)14-8-18)25(30)28(24(22)29)19-9-3-16(15-26)4-10-19/h3-14,27H,1-2H3. The maximum Gasteiger partial charge on any atom is 0.282 e. The molecule has 7 nitrogen and oxygen atoms in total. The Bertz CT molecular complexity index is 1240. The highest BCUT2D eigenvalue weighted by Gasteiger charge is 2.40. The van der Waals surface area contributed by atoms with Gasteiger partial charge < -0.3 is 14.8 Å². The topological polar surface area (TPSA) is 91.7 Å². The molecule has 0 aromatic heterocycles. The minimum atomic E-state index is -0.485. The van der Waals surface area contributed by atoms with E-state index in [1.807, 2.05) is 6.07 Å². The Labute approximate surface area is 185 Å². The summed E-state index contributed by atoms with van der Waals surface area (Å²) < 4.78 is 10.4. The van der Waals surface area contributed by atoms with Crippen LogP contribution < -0.4 is 19.7 Å². The van der Waals surface area contributed by atoms with Crippen molar-refractivity contribution in [3.05, 3.63) is 89.6 Å². The summed E-state index contributed by atoms with van der Waals surface area (Å²) in [5.41, 5.74) is 2.45. The predicted molar refractivity (Wildman–Crippen MR) is 120 cm³/mol. The summed E-state index contributed by atoms with van der Waals surface area (Å²) in [7, 11) is 3.13. The monoisotopic (exact) mass is 425 g/mol. The van der Waals surface area contributed by atoms with Gasteiger partial charge in [0.1, 0.15) is 17.2 Å². The summed E-state index contributed by atoms with van der Waals surface area (Å²) >= 11 is 0. The van der Waals surface area contributed by atoms with Gasteiger partial charge in [-0.3, -0.25) is 9.59 Å². The van der Waals surface area contributed by atoms with Crippen molar-refractivity contribution in [3.8, 4) is 17.6 Å². The molecule has 0 atom stereocenters. The van der Waals surface area contributed by atoms with Crippen LogP contribution in [0.15, 0.2) is 78.5 Å². The molecule has 3 aromatic rings. The number of nitrogens with one attached hydrogen (secondary N) is 1. The van der Waals surface area contributed by atoms with E-state index in [-0.39, 0.29) is 11.3 Å². The van der Waals surface area contributed by atoms with Crippen LogP contribution in [0.1, 0.15) is 11.1 Å². The average Bonchev–Trinajstić information content (AvgIpc) is 3.08. The maximum atomic E-state index is 13.4. The van der Waals surface area contributed by atoms with Crippen LogP contribution in [0.2, 0.25) is 0 Å². The van der Waals surface area contributed by atoms with Gasteiger partial charge in [-0.2, -0.15) is 5.26 Å². The Balaban J connectivity index is 1.77. The van der Waals surface area contributed by atoms with Crippen LogP contribution in [0.25, 0.3) is 5.57 Å². The van der Waals surface area contributed by atoms with E-state index in [0.717, 1.165) is 4.90 Å². The van der Waals surface area contributed by atoms with Crippen LogP contribution in [-0.4, -0.2) is 26.0 Å². The fourth-order valence-corrected chi connectivity index (χ4v) is 3.41. The van der Waals surface area contributed by atoms with Gasteiger partial charge in [0.05, 0.1) is 37.1 Å². The lowest BCUT2D eigenvalue weighted by atomic mass is 10.0. The van der Waals surface area contributed by atoms with Gasteiger partial charge in [-0.1, -0.05) is 12.1 Å². The van der Waals surface area contributed by atoms with Crippen LogP contribution in [0.3, 0.4) is 0 Å². The van der Waals surface area contributed by atoms with Gasteiger partial charge >= 0.3 is 0 Å². The normalized spacial score (nSPS) is 13.2. The predicted octanol–water partition coefficient (Wildman–Crippen LogP) is 3.97. The molecular weight excluding hydrogens is 406 g/mol. The van der Waals surface area contributed by atoms with Crippen molar-refractivity contribution in [1.82, 2.24) is 0 Å². The summed E-state index contributed by atoms with van der Waals surface area (Å²) in [6.45, 7) is 0. The molecule has 0 spiro atoms. The Kier molecular flexibility index (Phi) is 5.60. The van der Waals surface area contributed by atoms with Crippen molar-refractivity contribution in [2.75, 3.05) is 24.4 Å². The summed E-state index contributed by atoms with van der Waals surface area (Å²) in [5.74, 6) is 0.370. The van der Waals surface area contributed by atoms with Gasteiger partial charge in [-0.25, -0.2) is 4.90 Å². The van der Waals surface area contributed by atoms with E-state index in [9.17, 15) is 9.59 Å². The van der Waals surface area contributed by atoms with E-state index in [1.54, 1.807) is 87.0 Å². The minimum absolute atomic E-state index is 0.162.